The van der Waals surface area contributed by atoms with Crippen LogP contribution in [0.15, 0.2) is 24.3 Å². The Labute approximate surface area is 125 Å². The third kappa shape index (κ3) is 6.12. The molecule has 0 aromatic heterocycles. The maximum absolute atomic E-state index is 12.7. The second-order valence-corrected chi connectivity index (χ2v) is 4.22. The van der Waals surface area contributed by atoms with E-state index in [1.54, 1.807) is 0 Å². The van der Waals surface area contributed by atoms with Crippen LogP contribution in [0.25, 0.3) is 0 Å². The lowest BCUT2D eigenvalue weighted by atomic mass is 10.1. The molecule has 0 radical (unpaired) electrons. The molecule has 0 bridgehead atoms. The van der Waals surface area contributed by atoms with Crippen LogP contribution in [0.2, 0.25) is 0 Å². The van der Waals surface area contributed by atoms with E-state index in [2.05, 4.69) is 10.1 Å². The molecule has 118 valence electrons. The van der Waals surface area contributed by atoms with Crippen LogP contribution in [0.1, 0.15) is 23.2 Å². The first-order chi connectivity index (χ1) is 10.4. The lowest BCUT2D eigenvalue weighted by Gasteiger charge is -2.05. The molecule has 0 saturated carbocycles. The van der Waals surface area contributed by atoms with Gasteiger partial charge in [0, 0.05) is 19.0 Å². The number of benzene rings is 1. The Morgan fingerprint density at radius 2 is 1.73 bits per heavy atom. The summed E-state index contributed by atoms with van der Waals surface area (Å²) in [6, 6.07) is 4.22. The van der Waals surface area contributed by atoms with E-state index in [0.29, 0.717) is 0 Å². The minimum absolute atomic E-state index is 0.123. The lowest BCUT2D eigenvalue weighted by Crippen LogP contribution is -2.39. The van der Waals surface area contributed by atoms with E-state index in [-0.39, 0.29) is 24.2 Å². The van der Waals surface area contributed by atoms with Crippen molar-refractivity contribution in [1.29, 1.82) is 0 Å². The highest BCUT2D eigenvalue weighted by Gasteiger charge is 2.13. The van der Waals surface area contributed by atoms with E-state index in [9.17, 15) is 23.6 Å². The number of ether oxygens (including phenoxy) is 1. The smallest absolute Gasteiger partial charge is 0.321 e. The first-order valence-electron chi connectivity index (χ1n) is 6.38. The average Bonchev–Trinajstić information content (AvgIpc) is 2.51. The van der Waals surface area contributed by atoms with Gasteiger partial charge in [0.25, 0.3) is 5.91 Å². The lowest BCUT2D eigenvalue weighted by molar-refractivity contribution is -0.148. The molecule has 0 heterocycles. The molecule has 2 N–H and O–H groups in total. The third-order valence-corrected chi connectivity index (χ3v) is 2.57. The van der Waals surface area contributed by atoms with E-state index in [0.717, 1.165) is 12.1 Å². The Morgan fingerprint density at radius 1 is 1.09 bits per heavy atom. The molecular formula is C14H15FN2O5. The minimum atomic E-state index is -0.780. The number of nitrogens with one attached hydrogen (secondary N) is 2. The van der Waals surface area contributed by atoms with Crippen LogP contribution in [-0.2, 0) is 14.3 Å². The SMILES string of the molecule is CNC(=O)NC(=O)COC(=O)CCC(=O)c1ccc(F)cc1. The van der Waals surface area contributed by atoms with Crippen molar-refractivity contribution in [2.24, 2.45) is 0 Å². The summed E-state index contributed by atoms with van der Waals surface area (Å²) < 4.78 is 17.3. The fraction of sp³-hybridized carbons (Fsp3) is 0.286. The molecule has 0 saturated heterocycles. The van der Waals surface area contributed by atoms with Crippen LogP contribution < -0.4 is 10.6 Å². The summed E-state index contributed by atoms with van der Waals surface area (Å²) >= 11 is 0. The Hall–Kier alpha value is -2.77. The quantitative estimate of drug-likeness (QED) is 0.597. The summed E-state index contributed by atoms with van der Waals surface area (Å²) in [5.41, 5.74) is 0.284. The van der Waals surface area contributed by atoms with E-state index in [1.165, 1.54) is 19.2 Å². The van der Waals surface area contributed by atoms with Gasteiger partial charge in [0.05, 0.1) is 6.42 Å². The molecule has 0 aliphatic heterocycles. The number of urea groups is 1. The zero-order valence-electron chi connectivity index (χ0n) is 11.8. The van der Waals surface area contributed by atoms with Gasteiger partial charge in [0.15, 0.2) is 12.4 Å². The number of esters is 1. The van der Waals surface area contributed by atoms with Crippen molar-refractivity contribution >= 4 is 23.7 Å². The van der Waals surface area contributed by atoms with Gasteiger partial charge in [-0.25, -0.2) is 9.18 Å². The van der Waals surface area contributed by atoms with Gasteiger partial charge in [-0.3, -0.25) is 19.7 Å². The average molecular weight is 310 g/mol. The Kier molecular flexibility index (Phi) is 6.68. The van der Waals surface area contributed by atoms with Gasteiger partial charge in [-0.2, -0.15) is 0 Å². The molecule has 1 rings (SSSR count). The number of hydrogen-bond acceptors (Lipinski definition) is 5. The number of carbonyl (C=O) groups excluding carboxylic acids is 4. The fourth-order valence-electron chi connectivity index (χ4n) is 1.44. The van der Waals surface area contributed by atoms with Crippen LogP contribution >= 0.6 is 0 Å². The molecule has 0 atom stereocenters. The number of imide groups is 1. The number of ketones is 1. The normalized spacial score (nSPS) is 9.73. The highest BCUT2D eigenvalue weighted by molar-refractivity contribution is 5.98. The fourth-order valence-corrected chi connectivity index (χ4v) is 1.44. The molecule has 0 fully saturated rings. The monoisotopic (exact) mass is 310 g/mol. The molecule has 0 aliphatic carbocycles. The number of Topliss-reactive ketones (excluding diaryl/α,β-unsaturated/α-hetero) is 1. The van der Waals surface area contributed by atoms with Crippen molar-refractivity contribution < 1.29 is 28.3 Å². The summed E-state index contributed by atoms with van der Waals surface area (Å²) in [7, 11) is 1.33. The van der Waals surface area contributed by atoms with Crippen molar-refractivity contribution in [3.63, 3.8) is 0 Å². The molecule has 0 unspecified atom stereocenters. The summed E-state index contributed by atoms with van der Waals surface area (Å²) in [4.78, 5) is 45.1. The van der Waals surface area contributed by atoms with Crippen LogP contribution in [0.3, 0.4) is 0 Å². The van der Waals surface area contributed by atoms with Crippen molar-refractivity contribution in [3.05, 3.63) is 35.6 Å². The first kappa shape index (κ1) is 17.3. The number of carbonyl (C=O) groups is 4. The van der Waals surface area contributed by atoms with Crippen molar-refractivity contribution in [2.75, 3.05) is 13.7 Å². The number of halogens is 1. The number of amides is 3. The minimum Gasteiger partial charge on any atom is -0.456 e. The van der Waals surface area contributed by atoms with Gasteiger partial charge in [-0.1, -0.05) is 0 Å². The summed E-state index contributed by atoms with van der Waals surface area (Å²) in [6.07, 6.45) is -0.342. The highest BCUT2D eigenvalue weighted by Crippen LogP contribution is 2.07. The maximum atomic E-state index is 12.7. The van der Waals surface area contributed by atoms with Crippen LogP contribution in [-0.4, -0.2) is 37.3 Å². The predicted molar refractivity (Wildman–Crippen MR) is 73.5 cm³/mol. The molecule has 0 spiro atoms. The predicted octanol–water partition coefficient (Wildman–Crippen LogP) is 0.787. The van der Waals surface area contributed by atoms with E-state index in [4.69, 9.17) is 0 Å². The molecule has 1 aromatic rings. The molecule has 1 aromatic carbocycles. The van der Waals surface area contributed by atoms with E-state index in [1.807, 2.05) is 5.32 Å². The summed E-state index contributed by atoms with van der Waals surface area (Å²) in [5.74, 6) is -2.33. The van der Waals surface area contributed by atoms with Crippen molar-refractivity contribution in [3.8, 4) is 0 Å². The third-order valence-electron chi connectivity index (χ3n) is 2.57. The first-order valence-corrected chi connectivity index (χ1v) is 6.38. The maximum Gasteiger partial charge on any atom is 0.321 e. The molecule has 8 heteroatoms. The topological polar surface area (TPSA) is 102 Å². The van der Waals surface area contributed by atoms with Gasteiger partial charge in [-0.05, 0) is 24.3 Å². The van der Waals surface area contributed by atoms with Gasteiger partial charge < -0.3 is 10.1 Å². The van der Waals surface area contributed by atoms with Gasteiger partial charge in [0.2, 0.25) is 0 Å². The number of rotatable bonds is 6. The molecular weight excluding hydrogens is 295 g/mol. The zero-order valence-corrected chi connectivity index (χ0v) is 11.8. The standard InChI is InChI=1S/C14H15FN2O5/c1-16-14(21)17-12(19)8-22-13(20)7-6-11(18)9-2-4-10(15)5-3-9/h2-5H,6-8H2,1H3,(H2,16,17,19,21). The molecule has 0 aliphatic rings. The van der Waals surface area contributed by atoms with E-state index >= 15 is 0 Å². The second kappa shape index (κ2) is 8.50. The van der Waals surface area contributed by atoms with Crippen molar-refractivity contribution in [1.82, 2.24) is 10.6 Å². The summed E-state index contributed by atoms with van der Waals surface area (Å²) in [5, 5.41) is 4.08. The van der Waals surface area contributed by atoms with E-state index < -0.39 is 30.3 Å². The second-order valence-electron chi connectivity index (χ2n) is 4.22. The largest absolute Gasteiger partial charge is 0.456 e. The van der Waals surface area contributed by atoms with Gasteiger partial charge in [-0.15, -0.1) is 0 Å². The Bertz CT molecular complexity index is 571. The van der Waals surface area contributed by atoms with Gasteiger partial charge >= 0.3 is 12.0 Å². The zero-order chi connectivity index (χ0) is 16.5. The van der Waals surface area contributed by atoms with Gasteiger partial charge in [0.1, 0.15) is 5.82 Å². The Balaban J connectivity index is 2.31. The number of hydrogen-bond donors (Lipinski definition) is 2. The molecule has 3 amide bonds. The van der Waals surface area contributed by atoms with Crippen molar-refractivity contribution in [2.45, 2.75) is 12.8 Å². The molecule has 7 nitrogen and oxygen atoms in total. The molecule has 22 heavy (non-hydrogen) atoms. The summed E-state index contributed by atoms with van der Waals surface area (Å²) in [6.45, 7) is -0.614. The highest BCUT2D eigenvalue weighted by atomic mass is 19.1. The van der Waals surface area contributed by atoms with Crippen LogP contribution in [0.5, 0.6) is 0 Å². The van der Waals surface area contributed by atoms with Crippen LogP contribution in [0.4, 0.5) is 9.18 Å². The Morgan fingerprint density at radius 3 is 2.32 bits per heavy atom. The van der Waals surface area contributed by atoms with Crippen LogP contribution in [0, 0.1) is 5.82 Å².